The van der Waals surface area contributed by atoms with Crippen LogP contribution in [0.5, 0.6) is 0 Å². The van der Waals surface area contributed by atoms with Crippen LogP contribution in [0.1, 0.15) is 51.8 Å². The number of benzene rings is 2. The van der Waals surface area contributed by atoms with E-state index in [0.717, 1.165) is 21.3 Å². The zero-order valence-electron chi connectivity index (χ0n) is 16.2. The lowest BCUT2D eigenvalue weighted by molar-refractivity contribution is -0.191. The molecule has 27 heavy (non-hydrogen) atoms. The minimum absolute atomic E-state index is 0.00389. The lowest BCUT2D eigenvalue weighted by Crippen LogP contribution is -2.43. The number of hydrazine groups is 1. The van der Waals surface area contributed by atoms with Crippen LogP contribution in [0.15, 0.2) is 36.4 Å². The molecule has 1 fully saturated rings. The van der Waals surface area contributed by atoms with Gasteiger partial charge in [-0.05, 0) is 47.2 Å². The van der Waals surface area contributed by atoms with Crippen LogP contribution in [-0.4, -0.2) is 23.6 Å². The van der Waals surface area contributed by atoms with E-state index in [1.54, 1.807) is 26.0 Å². The third-order valence-electron chi connectivity index (χ3n) is 5.09. The van der Waals surface area contributed by atoms with Crippen LogP contribution < -0.4 is 5.43 Å². The second-order valence-electron chi connectivity index (χ2n) is 8.97. The van der Waals surface area contributed by atoms with Crippen molar-refractivity contribution in [3.05, 3.63) is 47.5 Å². The van der Waals surface area contributed by atoms with Gasteiger partial charge in [0.2, 0.25) is 5.91 Å². The van der Waals surface area contributed by atoms with E-state index in [1.807, 2.05) is 18.2 Å². The van der Waals surface area contributed by atoms with Crippen LogP contribution in [0.2, 0.25) is 0 Å². The fourth-order valence-corrected chi connectivity index (χ4v) is 3.42. The third kappa shape index (κ3) is 3.81. The molecule has 1 heterocycles. The Labute approximate surface area is 157 Å². The van der Waals surface area contributed by atoms with Gasteiger partial charge in [-0.15, -0.1) is 0 Å². The van der Waals surface area contributed by atoms with Gasteiger partial charge in [-0.2, -0.15) is 13.2 Å². The summed E-state index contributed by atoms with van der Waals surface area (Å²) in [4.78, 5) is 12.0. The normalized spacial score (nSPS) is 19.3. The minimum Gasteiger partial charge on any atom is -0.287 e. The number of halogens is 3. The molecule has 1 aliphatic rings. The standard InChI is InChI=1S/C21H25F3N2O/c1-19(2,3)16-9-8-13-6-7-14(10-15(13)11-16)17(21(22,23)24)26-12-20(4,5)18(27)25-26/h6-11,17H,12H2,1-5H3,(H,25,27). The van der Waals surface area contributed by atoms with E-state index in [0.29, 0.717) is 0 Å². The van der Waals surface area contributed by atoms with Crippen molar-refractivity contribution in [1.82, 2.24) is 10.4 Å². The summed E-state index contributed by atoms with van der Waals surface area (Å²) >= 11 is 0. The highest BCUT2D eigenvalue weighted by molar-refractivity contribution is 5.85. The molecule has 6 heteroatoms. The van der Waals surface area contributed by atoms with E-state index in [2.05, 4.69) is 26.2 Å². The Morgan fingerprint density at radius 3 is 2.19 bits per heavy atom. The largest absolute Gasteiger partial charge is 0.409 e. The molecule has 1 saturated heterocycles. The van der Waals surface area contributed by atoms with Gasteiger partial charge in [0.25, 0.3) is 0 Å². The first-order valence-electron chi connectivity index (χ1n) is 8.98. The summed E-state index contributed by atoms with van der Waals surface area (Å²) < 4.78 is 41.7. The first-order chi connectivity index (χ1) is 12.3. The van der Waals surface area contributed by atoms with Crippen molar-refractivity contribution in [1.29, 1.82) is 0 Å². The Hall–Kier alpha value is -2.08. The monoisotopic (exact) mass is 378 g/mol. The molecule has 1 atom stereocenters. The second kappa shape index (κ2) is 6.23. The van der Waals surface area contributed by atoms with Crippen molar-refractivity contribution in [2.75, 3.05) is 6.54 Å². The van der Waals surface area contributed by atoms with Gasteiger partial charge < -0.3 is 0 Å². The molecule has 0 bridgehead atoms. The number of amides is 1. The van der Waals surface area contributed by atoms with Crippen molar-refractivity contribution in [2.45, 2.75) is 52.3 Å². The number of carbonyl (C=O) groups excluding carboxylic acids is 1. The fraction of sp³-hybridized carbons (Fsp3) is 0.476. The number of hydrogen-bond donors (Lipinski definition) is 1. The molecule has 1 aliphatic heterocycles. The van der Waals surface area contributed by atoms with Gasteiger partial charge in [0, 0.05) is 6.54 Å². The van der Waals surface area contributed by atoms with Crippen LogP contribution in [0.25, 0.3) is 10.8 Å². The second-order valence-corrected chi connectivity index (χ2v) is 8.97. The molecule has 146 valence electrons. The summed E-state index contributed by atoms with van der Waals surface area (Å²) in [6, 6.07) is 8.79. The maximum absolute atomic E-state index is 13.9. The molecule has 0 aromatic heterocycles. The predicted octanol–water partition coefficient (Wildman–Crippen LogP) is 5.11. The molecule has 1 amide bonds. The van der Waals surface area contributed by atoms with Crippen molar-refractivity contribution in [3.63, 3.8) is 0 Å². The quantitative estimate of drug-likeness (QED) is 0.787. The molecule has 0 spiro atoms. The number of nitrogens with one attached hydrogen (secondary N) is 1. The van der Waals surface area contributed by atoms with Crippen LogP contribution >= 0.6 is 0 Å². The third-order valence-corrected chi connectivity index (χ3v) is 5.09. The van der Waals surface area contributed by atoms with E-state index >= 15 is 0 Å². The minimum atomic E-state index is -4.51. The lowest BCUT2D eigenvalue weighted by Gasteiger charge is -2.30. The molecule has 0 aliphatic carbocycles. The molecule has 0 radical (unpaired) electrons. The smallest absolute Gasteiger partial charge is 0.287 e. The van der Waals surface area contributed by atoms with E-state index in [9.17, 15) is 18.0 Å². The summed E-state index contributed by atoms with van der Waals surface area (Å²) in [5.41, 5.74) is 2.63. The van der Waals surface area contributed by atoms with Crippen molar-refractivity contribution < 1.29 is 18.0 Å². The van der Waals surface area contributed by atoms with Gasteiger partial charge in [0.1, 0.15) is 6.04 Å². The number of nitrogens with zero attached hydrogens (tertiary/aromatic N) is 1. The Bertz CT molecular complexity index is 881. The molecular formula is C21H25F3N2O. The molecule has 2 aromatic rings. The summed E-state index contributed by atoms with van der Waals surface area (Å²) in [6.45, 7) is 9.49. The molecular weight excluding hydrogens is 353 g/mol. The molecule has 1 N–H and O–H groups in total. The number of rotatable bonds is 2. The highest BCUT2D eigenvalue weighted by Crippen LogP contribution is 2.41. The topological polar surface area (TPSA) is 32.3 Å². The molecule has 3 nitrogen and oxygen atoms in total. The maximum atomic E-state index is 13.9. The lowest BCUT2D eigenvalue weighted by atomic mass is 9.85. The molecule has 0 saturated carbocycles. The highest BCUT2D eigenvalue weighted by Gasteiger charge is 2.51. The van der Waals surface area contributed by atoms with Crippen LogP contribution in [0, 0.1) is 5.41 Å². The van der Waals surface area contributed by atoms with Crippen molar-refractivity contribution in [2.24, 2.45) is 5.41 Å². The van der Waals surface area contributed by atoms with Crippen LogP contribution in [-0.2, 0) is 10.2 Å². The van der Waals surface area contributed by atoms with Crippen molar-refractivity contribution in [3.8, 4) is 0 Å². The van der Waals surface area contributed by atoms with Gasteiger partial charge in [0.05, 0.1) is 5.41 Å². The van der Waals surface area contributed by atoms with Gasteiger partial charge in [-0.1, -0.05) is 51.1 Å². The zero-order valence-corrected chi connectivity index (χ0v) is 16.2. The number of alkyl halides is 3. The first kappa shape index (κ1) is 19.7. The summed E-state index contributed by atoms with van der Waals surface area (Å²) in [5.74, 6) is -0.396. The Morgan fingerprint density at radius 2 is 1.67 bits per heavy atom. The highest BCUT2D eigenvalue weighted by atomic mass is 19.4. The van der Waals surface area contributed by atoms with E-state index in [-0.39, 0.29) is 17.5 Å². The fourth-order valence-electron chi connectivity index (χ4n) is 3.42. The predicted molar refractivity (Wildman–Crippen MR) is 100 cm³/mol. The summed E-state index contributed by atoms with van der Waals surface area (Å²) in [5, 5.41) is 2.66. The summed E-state index contributed by atoms with van der Waals surface area (Å²) in [7, 11) is 0. The number of carbonyl (C=O) groups is 1. The number of hydrogen-bond acceptors (Lipinski definition) is 2. The van der Waals surface area contributed by atoms with Gasteiger partial charge in [0.15, 0.2) is 0 Å². The molecule has 1 unspecified atom stereocenters. The van der Waals surface area contributed by atoms with Gasteiger partial charge in [-0.25, -0.2) is 5.01 Å². The van der Waals surface area contributed by atoms with Crippen LogP contribution in [0.4, 0.5) is 13.2 Å². The van der Waals surface area contributed by atoms with Gasteiger partial charge >= 0.3 is 6.18 Å². The first-order valence-corrected chi connectivity index (χ1v) is 8.98. The van der Waals surface area contributed by atoms with Crippen LogP contribution in [0.3, 0.4) is 0 Å². The molecule has 2 aromatic carbocycles. The van der Waals surface area contributed by atoms with E-state index in [1.165, 1.54) is 6.07 Å². The van der Waals surface area contributed by atoms with Crippen molar-refractivity contribution >= 4 is 16.7 Å². The Balaban J connectivity index is 2.07. The zero-order chi connectivity index (χ0) is 20.2. The van der Waals surface area contributed by atoms with E-state index in [4.69, 9.17) is 0 Å². The average Bonchev–Trinajstić information content (AvgIpc) is 2.77. The molecule has 3 rings (SSSR count). The average molecular weight is 378 g/mol. The van der Waals surface area contributed by atoms with Gasteiger partial charge in [-0.3, -0.25) is 10.2 Å². The Kier molecular flexibility index (Phi) is 4.54. The van der Waals surface area contributed by atoms with E-state index < -0.39 is 23.5 Å². The SMILES string of the molecule is CC1(C)CN(C(c2ccc3ccc(C(C)(C)C)cc3c2)C(F)(F)F)NC1=O. The summed E-state index contributed by atoms with van der Waals surface area (Å²) in [6.07, 6.45) is -4.51. The number of fused-ring (bicyclic) bond motifs is 1. The Morgan fingerprint density at radius 1 is 1.04 bits per heavy atom. The maximum Gasteiger partial charge on any atom is 0.409 e.